The summed E-state index contributed by atoms with van der Waals surface area (Å²) in [5.41, 5.74) is 1.46. The molecule has 0 bridgehead atoms. The van der Waals surface area contributed by atoms with Gasteiger partial charge in [0.2, 0.25) is 0 Å². The lowest BCUT2D eigenvalue weighted by Gasteiger charge is -2.37. The van der Waals surface area contributed by atoms with Gasteiger partial charge in [-0.2, -0.15) is 0 Å². The summed E-state index contributed by atoms with van der Waals surface area (Å²) >= 11 is 1.79. The Kier molecular flexibility index (Phi) is 6.00. The average molecular weight is 375 g/mol. The third-order valence-electron chi connectivity index (χ3n) is 6.66. The summed E-state index contributed by atoms with van der Waals surface area (Å²) in [6, 6.07) is 2.23. The number of aryl methyl sites for hydroxylation is 2. The van der Waals surface area contributed by atoms with Gasteiger partial charge in [-0.05, 0) is 87.9 Å². The van der Waals surface area contributed by atoms with E-state index in [0.717, 1.165) is 23.9 Å². The van der Waals surface area contributed by atoms with Crippen LogP contribution in [-0.2, 0) is 12.8 Å². The summed E-state index contributed by atoms with van der Waals surface area (Å²) in [5, 5.41) is 0. The summed E-state index contributed by atoms with van der Waals surface area (Å²) in [5.74, 6) is 1.86. The van der Waals surface area contributed by atoms with E-state index >= 15 is 0 Å². The fourth-order valence-electron chi connectivity index (χ4n) is 4.94. The number of thiophene rings is 1. The smallest absolute Gasteiger partial charge is 0.263 e. The van der Waals surface area contributed by atoms with E-state index in [1.807, 2.05) is 0 Å². The van der Waals surface area contributed by atoms with Crippen LogP contribution in [0.5, 0.6) is 0 Å². The Bertz CT molecular complexity index is 594. The van der Waals surface area contributed by atoms with E-state index in [1.165, 1.54) is 87.9 Å². The summed E-state index contributed by atoms with van der Waals surface area (Å²) < 4.78 is 0. The van der Waals surface area contributed by atoms with E-state index in [-0.39, 0.29) is 0 Å². The second-order valence-electron chi connectivity index (χ2n) is 8.86. The first-order valence-electron chi connectivity index (χ1n) is 10.8. The van der Waals surface area contributed by atoms with Crippen molar-refractivity contribution in [2.75, 3.05) is 32.7 Å². The Hall–Kier alpha value is -0.870. The summed E-state index contributed by atoms with van der Waals surface area (Å²) in [6.45, 7) is 7.99. The molecule has 0 radical (unpaired) electrons. The van der Waals surface area contributed by atoms with Gasteiger partial charge in [0.15, 0.2) is 0 Å². The SMILES string of the molecule is CC1CCN(CC2CCCN(C(=O)c3cc4c(s3)CCCCC4)C2)CC1. The van der Waals surface area contributed by atoms with E-state index in [1.54, 1.807) is 11.3 Å². The van der Waals surface area contributed by atoms with Crippen LogP contribution in [-0.4, -0.2) is 48.4 Å². The van der Waals surface area contributed by atoms with E-state index < -0.39 is 0 Å². The zero-order valence-electron chi connectivity index (χ0n) is 16.3. The maximum absolute atomic E-state index is 13.1. The molecule has 3 aliphatic rings. The first kappa shape index (κ1) is 18.5. The maximum Gasteiger partial charge on any atom is 0.263 e. The molecule has 1 unspecified atom stereocenters. The third-order valence-corrected chi connectivity index (χ3v) is 7.88. The molecule has 2 fully saturated rings. The standard InChI is InChI=1S/C22H34N2OS/c1-17-9-12-23(13-10-17)15-18-6-5-11-24(16-18)22(25)21-14-19-7-3-2-4-8-20(19)26-21/h14,17-18H,2-13,15-16H2,1H3. The van der Waals surface area contributed by atoms with Crippen molar-refractivity contribution in [2.24, 2.45) is 11.8 Å². The predicted molar refractivity (Wildman–Crippen MR) is 109 cm³/mol. The van der Waals surface area contributed by atoms with Crippen molar-refractivity contribution in [2.45, 2.75) is 64.7 Å². The normalized spacial score (nSPS) is 25.7. The van der Waals surface area contributed by atoms with Crippen LogP contribution in [0.25, 0.3) is 0 Å². The van der Waals surface area contributed by atoms with Gasteiger partial charge in [0.1, 0.15) is 0 Å². The molecule has 0 saturated carbocycles. The molecule has 0 spiro atoms. The van der Waals surface area contributed by atoms with Gasteiger partial charge in [-0.25, -0.2) is 0 Å². The van der Waals surface area contributed by atoms with E-state index in [0.29, 0.717) is 11.8 Å². The molecular weight excluding hydrogens is 340 g/mol. The molecule has 0 aromatic carbocycles. The fourth-order valence-corrected chi connectivity index (χ4v) is 6.16. The van der Waals surface area contributed by atoms with Crippen molar-refractivity contribution >= 4 is 17.2 Å². The third kappa shape index (κ3) is 4.33. The molecule has 2 saturated heterocycles. The van der Waals surface area contributed by atoms with Crippen LogP contribution in [0, 0.1) is 11.8 Å². The highest BCUT2D eigenvalue weighted by molar-refractivity contribution is 7.14. The molecular formula is C22H34N2OS. The highest BCUT2D eigenvalue weighted by Crippen LogP contribution is 2.31. The van der Waals surface area contributed by atoms with Gasteiger partial charge >= 0.3 is 0 Å². The largest absolute Gasteiger partial charge is 0.338 e. The quantitative estimate of drug-likeness (QED) is 0.722. The molecule has 3 nitrogen and oxygen atoms in total. The minimum atomic E-state index is 0.306. The van der Waals surface area contributed by atoms with E-state index in [9.17, 15) is 4.79 Å². The Balaban J connectivity index is 1.36. The molecule has 1 atom stereocenters. The fraction of sp³-hybridized carbons (Fsp3) is 0.773. The highest BCUT2D eigenvalue weighted by atomic mass is 32.1. The number of hydrogen-bond acceptors (Lipinski definition) is 3. The number of piperidine rings is 2. The van der Waals surface area contributed by atoms with Crippen LogP contribution in [0.1, 0.15) is 72.0 Å². The molecule has 0 N–H and O–H groups in total. The van der Waals surface area contributed by atoms with Gasteiger partial charge in [0, 0.05) is 24.5 Å². The lowest BCUT2D eigenvalue weighted by molar-refractivity contribution is 0.0627. The Morgan fingerprint density at radius 1 is 1.08 bits per heavy atom. The number of amides is 1. The number of carbonyl (C=O) groups is 1. The second kappa shape index (κ2) is 8.43. The zero-order chi connectivity index (χ0) is 17.9. The van der Waals surface area contributed by atoms with Crippen molar-refractivity contribution in [3.8, 4) is 0 Å². The van der Waals surface area contributed by atoms with Gasteiger partial charge in [-0.3, -0.25) is 4.79 Å². The van der Waals surface area contributed by atoms with Crippen LogP contribution in [0.2, 0.25) is 0 Å². The Labute approximate surface area is 162 Å². The molecule has 1 aromatic heterocycles. The average Bonchev–Trinajstić information content (AvgIpc) is 2.94. The summed E-state index contributed by atoms with van der Waals surface area (Å²) in [6.07, 6.45) is 11.4. The van der Waals surface area contributed by atoms with Crippen molar-refractivity contribution in [3.05, 3.63) is 21.4 Å². The lowest BCUT2D eigenvalue weighted by Crippen LogP contribution is -2.45. The molecule has 2 aliphatic heterocycles. The lowest BCUT2D eigenvalue weighted by atomic mass is 9.94. The minimum Gasteiger partial charge on any atom is -0.338 e. The molecule has 1 aromatic rings. The molecule has 4 heteroatoms. The summed E-state index contributed by atoms with van der Waals surface area (Å²) in [7, 11) is 0. The molecule has 4 rings (SSSR count). The monoisotopic (exact) mass is 374 g/mol. The number of hydrogen-bond donors (Lipinski definition) is 0. The number of rotatable bonds is 3. The van der Waals surface area contributed by atoms with E-state index in [2.05, 4.69) is 22.8 Å². The van der Waals surface area contributed by atoms with Crippen molar-refractivity contribution in [1.29, 1.82) is 0 Å². The van der Waals surface area contributed by atoms with Gasteiger partial charge in [0.05, 0.1) is 4.88 Å². The first-order valence-corrected chi connectivity index (χ1v) is 11.6. The van der Waals surface area contributed by atoms with Gasteiger partial charge in [-0.15, -0.1) is 11.3 Å². The van der Waals surface area contributed by atoms with Crippen LogP contribution >= 0.6 is 11.3 Å². The molecule has 1 amide bonds. The number of carbonyl (C=O) groups excluding carboxylic acids is 1. The van der Waals surface area contributed by atoms with Crippen molar-refractivity contribution in [1.82, 2.24) is 9.80 Å². The Morgan fingerprint density at radius 3 is 2.73 bits per heavy atom. The van der Waals surface area contributed by atoms with Gasteiger partial charge < -0.3 is 9.80 Å². The van der Waals surface area contributed by atoms with Crippen molar-refractivity contribution < 1.29 is 4.79 Å². The van der Waals surface area contributed by atoms with Crippen LogP contribution in [0.3, 0.4) is 0 Å². The molecule has 26 heavy (non-hydrogen) atoms. The number of nitrogens with zero attached hydrogens (tertiary/aromatic N) is 2. The van der Waals surface area contributed by atoms with Crippen LogP contribution in [0.4, 0.5) is 0 Å². The molecule has 1 aliphatic carbocycles. The van der Waals surface area contributed by atoms with Crippen molar-refractivity contribution in [3.63, 3.8) is 0 Å². The van der Waals surface area contributed by atoms with Gasteiger partial charge in [-0.1, -0.05) is 13.3 Å². The van der Waals surface area contributed by atoms with Gasteiger partial charge in [0.25, 0.3) is 5.91 Å². The number of fused-ring (bicyclic) bond motifs is 1. The van der Waals surface area contributed by atoms with Crippen LogP contribution in [0.15, 0.2) is 6.07 Å². The molecule has 144 valence electrons. The highest BCUT2D eigenvalue weighted by Gasteiger charge is 2.28. The molecule has 3 heterocycles. The predicted octanol–water partition coefficient (Wildman–Crippen LogP) is 4.60. The zero-order valence-corrected chi connectivity index (χ0v) is 17.2. The second-order valence-corrected chi connectivity index (χ2v) is 10.00. The number of likely N-dealkylation sites (tertiary alicyclic amines) is 2. The minimum absolute atomic E-state index is 0.306. The maximum atomic E-state index is 13.1. The Morgan fingerprint density at radius 2 is 1.88 bits per heavy atom. The summed E-state index contributed by atoms with van der Waals surface area (Å²) in [4.78, 5) is 20.4. The van der Waals surface area contributed by atoms with E-state index in [4.69, 9.17) is 0 Å². The first-order chi connectivity index (χ1) is 12.7. The van der Waals surface area contributed by atoms with Crippen LogP contribution < -0.4 is 0 Å². The topological polar surface area (TPSA) is 23.6 Å².